The normalized spacial score (nSPS) is 10.9. The van der Waals surface area contributed by atoms with E-state index in [0.29, 0.717) is 11.3 Å². The number of nitrogens with zero attached hydrogens (tertiary/aromatic N) is 1. The summed E-state index contributed by atoms with van der Waals surface area (Å²) in [5.41, 5.74) is 2.74. The average Bonchev–Trinajstić information content (AvgIpc) is 2.49. The number of hydrogen-bond acceptors (Lipinski definition) is 3. The molecule has 0 atom stereocenters. The van der Waals surface area contributed by atoms with Crippen LogP contribution in [0, 0.1) is 18.3 Å². The van der Waals surface area contributed by atoms with Gasteiger partial charge in [-0.2, -0.15) is 5.26 Å². The number of rotatable bonds is 4. The van der Waals surface area contributed by atoms with Crippen molar-refractivity contribution in [1.29, 1.82) is 5.26 Å². The van der Waals surface area contributed by atoms with Crippen LogP contribution in [0.3, 0.4) is 0 Å². The van der Waals surface area contributed by atoms with Crippen molar-refractivity contribution >= 4 is 15.7 Å². The van der Waals surface area contributed by atoms with Gasteiger partial charge in [0.15, 0.2) is 0 Å². The molecule has 0 aliphatic carbocycles. The zero-order valence-electron chi connectivity index (χ0n) is 11.9. The van der Waals surface area contributed by atoms with E-state index in [9.17, 15) is 8.42 Å². The summed E-state index contributed by atoms with van der Waals surface area (Å²) < 4.78 is 27.6. The molecule has 0 aliphatic heterocycles. The van der Waals surface area contributed by atoms with Gasteiger partial charge in [0.05, 0.1) is 22.2 Å². The van der Waals surface area contributed by atoms with Gasteiger partial charge in [-0.05, 0) is 42.7 Å². The van der Waals surface area contributed by atoms with Crippen LogP contribution in [0.5, 0.6) is 0 Å². The number of sulfonamides is 1. The van der Waals surface area contributed by atoms with E-state index in [4.69, 9.17) is 5.26 Å². The fourth-order valence-electron chi connectivity index (χ4n) is 2.10. The molecule has 2 aromatic rings. The van der Waals surface area contributed by atoms with Gasteiger partial charge in [0.25, 0.3) is 10.0 Å². The fourth-order valence-corrected chi connectivity index (χ4v) is 3.31. The summed E-state index contributed by atoms with van der Waals surface area (Å²) in [7, 11) is -3.70. The average molecular weight is 300 g/mol. The minimum absolute atomic E-state index is 0.0897. The summed E-state index contributed by atoms with van der Waals surface area (Å²) in [6.45, 7) is 3.84. The first-order valence-electron chi connectivity index (χ1n) is 6.59. The third-order valence-electron chi connectivity index (χ3n) is 3.25. The lowest BCUT2D eigenvalue weighted by atomic mass is 10.1. The number of benzene rings is 2. The molecule has 1 N–H and O–H groups in total. The molecule has 4 nitrogen and oxygen atoms in total. The minimum atomic E-state index is -3.70. The lowest BCUT2D eigenvalue weighted by Crippen LogP contribution is -2.15. The second-order valence-corrected chi connectivity index (χ2v) is 6.39. The summed E-state index contributed by atoms with van der Waals surface area (Å²) in [4.78, 5) is 0.0897. The van der Waals surface area contributed by atoms with Gasteiger partial charge in [-0.15, -0.1) is 0 Å². The molecule has 0 radical (unpaired) electrons. The molecule has 0 saturated carbocycles. The second-order valence-electron chi connectivity index (χ2n) is 4.71. The lowest BCUT2D eigenvalue weighted by Gasteiger charge is -2.14. The monoisotopic (exact) mass is 300 g/mol. The number of nitriles is 1. The molecule has 0 spiro atoms. The van der Waals surface area contributed by atoms with Gasteiger partial charge >= 0.3 is 0 Å². The zero-order valence-corrected chi connectivity index (χ0v) is 12.7. The predicted octanol–water partition coefficient (Wildman–Crippen LogP) is 3.23. The predicted molar refractivity (Wildman–Crippen MR) is 82.5 cm³/mol. The van der Waals surface area contributed by atoms with Crippen LogP contribution in [0.15, 0.2) is 47.4 Å². The van der Waals surface area contributed by atoms with Crippen LogP contribution in [0.4, 0.5) is 5.69 Å². The molecule has 0 heterocycles. The first-order valence-corrected chi connectivity index (χ1v) is 8.07. The molecule has 0 unspecified atom stereocenters. The van der Waals surface area contributed by atoms with E-state index in [0.717, 1.165) is 17.5 Å². The van der Waals surface area contributed by atoms with Crippen molar-refractivity contribution in [3.63, 3.8) is 0 Å². The van der Waals surface area contributed by atoms with Crippen LogP contribution in [-0.4, -0.2) is 8.42 Å². The molecular weight excluding hydrogens is 284 g/mol. The van der Waals surface area contributed by atoms with Crippen LogP contribution in [0.2, 0.25) is 0 Å². The summed E-state index contributed by atoms with van der Waals surface area (Å²) in [5, 5.41) is 8.88. The maximum absolute atomic E-state index is 12.5. The van der Waals surface area contributed by atoms with Crippen LogP contribution in [0.25, 0.3) is 0 Å². The molecule has 0 aliphatic rings. The highest BCUT2D eigenvalue weighted by molar-refractivity contribution is 7.92. The largest absolute Gasteiger partial charge is 0.279 e. The standard InChI is InChI=1S/C16H16N2O2S/c1-3-14-8-4-6-12(2)16(14)18-21(19,20)15-9-5-7-13(10-15)11-17/h4-10,18H,3H2,1-2H3. The Morgan fingerprint density at radius 1 is 1.19 bits per heavy atom. The molecule has 5 heteroatoms. The topological polar surface area (TPSA) is 70.0 Å². The van der Waals surface area contributed by atoms with Crippen molar-refractivity contribution < 1.29 is 8.42 Å². The highest BCUT2D eigenvalue weighted by Crippen LogP contribution is 2.24. The molecule has 2 rings (SSSR count). The lowest BCUT2D eigenvalue weighted by molar-refractivity contribution is 0.601. The van der Waals surface area contributed by atoms with Gasteiger partial charge in [-0.25, -0.2) is 8.42 Å². The van der Waals surface area contributed by atoms with Crippen LogP contribution < -0.4 is 4.72 Å². The van der Waals surface area contributed by atoms with E-state index in [1.54, 1.807) is 12.1 Å². The SMILES string of the molecule is CCc1cccc(C)c1NS(=O)(=O)c1cccc(C#N)c1. The molecule has 108 valence electrons. The molecule has 0 fully saturated rings. The highest BCUT2D eigenvalue weighted by Gasteiger charge is 2.17. The van der Waals surface area contributed by atoms with Gasteiger partial charge in [-0.1, -0.05) is 31.2 Å². The minimum Gasteiger partial charge on any atom is -0.279 e. The number of nitrogens with one attached hydrogen (secondary N) is 1. The van der Waals surface area contributed by atoms with Crippen LogP contribution in [-0.2, 0) is 16.4 Å². The van der Waals surface area contributed by atoms with Crippen LogP contribution >= 0.6 is 0 Å². The quantitative estimate of drug-likeness (QED) is 0.942. The van der Waals surface area contributed by atoms with E-state index in [-0.39, 0.29) is 4.90 Å². The van der Waals surface area contributed by atoms with E-state index >= 15 is 0 Å². The van der Waals surface area contributed by atoms with Gasteiger partial charge in [0, 0.05) is 0 Å². The highest BCUT2D eigenvalue weighted by atomic mass is 32.2. The third-order valence-corrected chi connectivity index (χ3v) is 4.60. The van der Waals surface area contributed by atoms with Crippen molar-refractivity contribution in [2.75, 3.05) is 4.72 Å². The summed E-state index contributed by atoms with van der Waals surface area (Å²) in [5.74, 6) is 0. The van der Waals surface area contributed by atoms with Gasteiger partial charge in [0.1, 0.15) is 0 Å². The Morgan fingerprint density at radius 2 is 1.90 bits per heavy atom. The first kappa shape index (κ1) is 15.1. The summed E-state index contributed by atoms with van der Waals surface area (Å²) >= 11 is 0. The van der Waals surface area contributed by atoms with E-state index in [2.05, 4.69) is 4.72 Å². The van der Waals surface area contributed by atoms with Crippen molar-refractivity contribution in [2.24, 2.45) is 0 Å². The summed E-state index contributed by atoms with van der Waals surface area (Å²) in [6.07, 6.45) is 0.734. The van der Waals surface area contributed by atoms with Crippen molar-refractivity contribution in [3.05, 3.63) is 59.2 Å². The van der Waals surface area contributed by atoms with Gasteiger partial charge < -0.3 is 0 Å². The Kier molecular flexibility index (Phi) is 4.29. The Morgan fingerprint density at radius 3 is 2.57 bits per heavy atom. The molecule has 0 amide bonds. The van der Waals surface area contributed by atoms with Crippen LogP contribution in [0.1, 0.15) is 23.6 Å². The molecule has 2 aromatic carbocycles. The molecular formula is C16H16N2O2S. The second kappa shape index (κ2) is 5.98. The smallest absolute Gasteiger partial charge is 0.261 e. The zero-order chi connectivity index (χ0) is 15.5. The Bertz CT molecular complexity index is 805. The Labute approximate surface area is 125 Å². The van der Waals surface area contributed by atoms with E-state index in [1.807, 2.05) is 38.1 Å². The summed E-state index contributed by atoms with van der Waals surface area (Å²) in [6, 6.07) is 13.6. The first-order chi connectivity index (χ1) is 9.97. The number of para-hydroxylation sites is 1. The van der Waals surface area contributed by atoms with Crippen molar-refractivity contribution in [3.8, 4) is 6.07 Å². The number of hydrogen-bond donors (Lipinski definition) is 1. The van der Waals surface area contributed by atoms with Crippen molar-refractivity contribution in [2.45, 2.75) is 25.2 Å². The fraction of sp³-hybridized carbons (Fsp3) is 0.188. The molecule has 0 aromatic heterocycles. The maximum atomic E-state index is 12.5. The molecule has 0 saturated heterocycles. The van der Waals surface area contributed by atoms with Gasteiger partial charge in [0.2, 0.25) is 0 Å². The van der Waals surface area contributed by atoms with E-state index in [1.165, 1.54) is 12.1 Å². The van der Waals surface area contributed by atoms with Crippen molar-refractivity contribution in [1.82, 2.24) is 0 Å². The third kappa shape index (κ3) is 3.23. The maximum Gasteiger partial charge on any atom is 0.261 e. The van der Waals surface area contributed by atoms with Gasteiger partial charge in [-0.3, -0.25) is 4.72 Å². The molecule has 0 bridgehead atoms. The number of aryl methyl sites for hydroxylation is 2. The number of anilines is 1. The van der Waals surface area contributed by atoms with E-state index < -0.39 is 10.0 Å². The Hall–Kier alpha value is -2.32. The Balaban J connectivity index is 2.45. The molecule has 21 heavy (non-hydrogen) atoms.